The maximum Gasteiger partial charge on any atom is 0.408 e. The van der Waals surface area contributed by atoms with Gasteiger partial charge in [0.15, 0.2) is 0 Å². The molecule has 1 aromatic carbocycles. The predicted octanol–water partition coefficient (Wildman–Crippen LogP) is 2.30. The number of hydrogen-bond donors (Lipinski definition) is 5. The summed E-state index contributed by atoms with van der Waals surface area (Å²) in [6, 6.07) is 6.27. The normalized spacial score (nSPS) is 15.5. The van der Waals surface area contributed by atoms with Crippen molar-refractivity contribution < 1.29 is 37.4 Å². The fraction of sp³-hybridized carbons (Fsp3) is 0.677. The van der Waals surface area contributed by atoms with Crippen LogP contribution in [0.1, 0.15) is 73.8 Å². The van der Waals surface area contributed by atoms with E-state index in [0.717, 1.165) is 11.8 Å². The zero-order chi connectivity index (χ0) is 33.8. The Morgan fingerprint density at radius 2 is 1.45 bits per heavy atom. The molecule has 0 radical (unpaired) electrons. The fourth-order valence-corrected chi connectivity index (χ4v) is 5.24. The van der Waals surface area contributed by atoms with Crippen LogP contribution in [0.2, 0.25) is 0 Å². The van der Waals surface area contributed by atoms with E-state index in [1.807, 2.05) is 58.0 Å². The number of carbonyl (C=O) groups is 4. The Labute approximate surface area is 262 Å². The van der Waals surface area contributed by atoms with Crippen LogP contribution in [-0.2, 0) is 35.5 Å². The number of hydrogen-bond acceptors (Lipinski definition) is 8. The number of aliphatic hydroxyl groups excluding tert-OH is 1. The van der Waals surface area contributed by atoms with Gasteiger partial charge in [-0.15, -0.1) is 0 Å². The van der Waals surface area contributed by atoms with Gasteiger partial charge in [0.05, 0.1) is 17.9 Å². The van der Waals surface area contributed by atoms with Crippen molar-refractivity contribution in [3.63, 3.8) is 0 Å². The number of ether oxygens (including phenoxy) is 1. The van der Waals surface area contributed by atoms with Crippen molar-refractivity contribution in [3.05, 3.63) is 35.9 Å². The summed E-state index contributed by atoms with van der Waals surface area (Å²) in [6.45, 7) is 14.2. The molecule has 0 bridgehead atoms. The third-order valence-corrected chi connectivity index (χ3v) is 7.53. The number of aliphatic hydroxyl groups is 1. The highest BCUT2D eigenvalue weighted by atomic mass is 32.2. The molecule has 5 N–H and O–H groups in total. The minimum Gasteiger partial charge on any atom is -0.444 e. The Kier molecular flexibility index (Phi) is 15.3. The topological polar surface area (TPSA) is 180 Å². The zero-order valence-electron chi connectivity index (χ0n) is 27.5. The average molecular weight is 641 g/mol. The maximum absolute atomic E-state index is 13.2. The molecule has 1 aromatic rings. The first-order chi connectivity index (χ1) is 20.2. The molecule has 0 aliphatic rings. The van der Waals surface area contributed by atoms with Gasteiger partial charge in [-0.2, -0.15) is 0 Å². The number of rotatable bonds is 16. The van der Waals surface area contributed by atoms with E-state index in [0.29, 0.717) is 13.0 Å². The van der Waals surface area contributed by atoms with E-state index in [1.54, 1.807) is 27.7 Å². The van der Waals surface area contributed by atoms with Crippen molar-refractivity contribution >= 4 is 33.7 Å². The SMILES string of the molecule is CC(C)C[C@H](NC(=O)[C@H](CS(C)(=O)=O)NC(=O)OC(C)(C)C)[C@@H](O)C[C@@H](C)C(=O)N[C@H](C(=O)NCc1ccccc1)C(C)C. The number of amides is 4. The van der Waals surface area contributed by atoms with Crippen molar-refractivity contribution in [2.45, 2.75) is 105 Å². The van der Waals surface area contributed by atoms with E-state index in [-0.39, 0.29) is 24.2 Å². The summed E-state index contributed by atoms with van der Waals surface area (Å²) in [4.78, 5) is 51.6. The van der Waals surface area contributed by atoms with Crippen molar-refractivity contribution in [1.82, 2.24) is 21.3 Å². The molecule has 0 unspecified atom stereocenters. The van der Waals surface area contributed by atoms with Crippen LogP contribution in [0.5, 0.6) is 0 Å². The predicted molar refractivity (Wildman–Crippen MR) is 169 cm³/mol. The van der Waals surface area contributed by atoms with Crippen molar-refractivity contribution in [1.29, 1.82) is 0 Å². The second-order valence-corrected chi connectivity index (χ2v) is 15.4. The lowest BCUT2D eigenvalue weighted by atomic mass is 9.91. The lowest BCUT2D eigenvalue weighted by Crippen LogP contribution is -2.56. The second kappa shape index (κ2) is 17.3. The van der Waals surface area contributed by atoms with Crippen LogP contribution in [0.3, 0.4) is 0 Å². The van der Waals surface area contributed by atoms with E-state index in [1.165, 1.54) is 0 Å². The zero-order valence-corrected chi connectivity index (χ0v) is 28.3. The van der Waals surface area contributed by atoms with E-state index >= 15 is 0 Å². The molecule has 0 spiro atoms. The van der Waals surface area contributed by atoms with Crippen molar-refractivity contribution in [3.8, 4) is 0 Å². The van der Waals surface area contributed by atoms with Crippen LogP contribution in [0.25, 0.3) is 0 Å². The molecule has 0 saturated heterocycles. The highest BCUT2D eigenvalue weighted by molar-refractivity contribution is 7.90. The summed E-state index contributed by atoms with van der Waals surface area (Å²) >= 11 is 0. The van der Waals surface area contributed by atoms with E-state index in [2.05, 4.69) is 21.3 Å². The molecular weight excluding hydrogens is 588 g/mol. The molecule has 5 atom stereocenters. The van der Waals surface area contributed by atoms with Gasteiger partial charge in [-0.3, -0.25) is 14.4 Å². The molecule has 1 rings (SSSR count). The van der Waals surface area contributed by atoms with Gasteiger partial charge in [-0.05, 0) is 51.0 Å². The summed E-state index contributed by atoms with van der Waals surface area (Å²) in [5.74, 6) is -3.17. The molecule has 0 aliphatic heterocycles. The summed E-state index contributed by atoms with van der Waals surface area (Å²) in [7, 11) is -3.69. The molecular formula is C31H52N4O8S. The van der Waals surface area contributed by atoms with Gasteiger partial charge in [-0.1, -0.05) is 65.0 Å². The monoisotopic (exact) mass is 640 g/mol. The maximum atomic E-state index is 13.2. The van der Waals surface area contributed by atoms with Gasteiger partial charge in [-0.25, -0.2) is 13.2 Å². The van der Waals surface area contributed by atoms with Gasteiger partial charge < -0.3 is 31.1 Å². The minimum absolute atomic E-state index is 0.0184. The van der Waals surface area contributed by atoms with Crippen LogP contribution in [0.15, 0.2) is 30.3 Å². The van der Waals surface area contributed by atoms with E-state index in [9.17, 15) is 32.7 Å². The first kappa shape index (κ1) is 38.8. The lowest BCUT2D eigenvalue weighted by Gasteiger charge is -2.30. The van der Waals surface area contributed by atoms with Gasteiger partial charge in [0.25, 0.3) is 0 Å². The molecule has 12 nitrogen and oxygen atoms in total. The highest BCUT2D eigenvalue weighted by Crippen LogP contribution is 2.17. The number of nitrogens with one attached hydrogen (secondary N) is 4. The third kappa shape index (κ3) is 15.5. The number of sulfone groups is 1. The number of carbonyl (C=O) groups excluding carboxylic acids is 4. The standard InChI is InChI=1S/C31H52N4O8S/c1-19(2)15-23(33-28(38)24(18-44(9,41)42)34-30(40)43-31(6,7)8)25(36)16-21(5)27(37)35-26(20(3)4)29(39)32-17-22-13-11-10-12-14-22/h10-14,19-21,23-26,36H,15-18H2,1-9H3,(H,32,39)(H,33,38)(H,34,40)(H,35,37)/t21-,23+,24+,25+,26+/m1/s1. The van der Waals surface area contributed by atoms with Crippen molar-refractivity contribution in [2.24, 2.45) is 17.8 Å². The summed E-state index contributed by atoms with van der Waals surface area (Å²) in [5, 5.41) is 21.8. The van der Waals surface area contributed by atoms with Gasteiger partial charge >= 0.3 is 6.09 Å². The molecule has 0 fully saturated rings. The van der Waals surface area contributed by atoms with E-state index in [4.69, 9.17) is 4.74 Å². The molecule has 0 saturated carbocycles. The Hall–Kier alpha value is -3.19. The Bertz CT molecular complexity index is 1200. The highest BCUT2D eigenvalue weighted by Gasteiger charge is 2.33. The van der Waals surface area contributed by atoms with Crippen LogP contribution in [0.4, 0.5) is 4.79 Å². The molecule has 250 valence electrons. The molecule has 4 amide bonds. The Morgan fingerprint density at radius 3 is 1.95 bits per heavy atom. The average Bonchev–Trinajstić information content (AvgIpc) is 2.87. The first-order valence-electron chi connectivity index (χ1n) is 15.0. The molecule has 13 heteroatoms. The Morgan fingerprint density at radius 1 is 0.864 bits per heavy atom. The van der Waals surface area contributed by atoms with Crippen LogP contribution < -0.4 is 21.3 Å². The largest absolute Gasteiger partial charge is 0.444 e. The van der Waals surface area contributed by atoms with Crippen LogP contribution in [0, 0.1) is 17.8 Å². The summed E-state index contributed by atoms with van der Waals surface area (Å²) in [6.07, 6.45) is -0.935. The van der Waals surface area contributed by atoms with Crippen molar-refractivity contribution in [2.75, 3.05) is 12.0 Å². The third-order valence-electron chi connectivity index (χ3n) is 6.59. The quantitative estimate of drug-likeness (QED) is 0.183. The molecule has 0 heterocycles. The second-order valence-electron chi connectivity index (χ2n) is 13.2. The van der Waals surface area contributed by atoms with Gasteiger partial charge in [0.1, 0.15) is 27.5 Å². The number of alkyl carbamates (subject to hydrolysis) is 1. The molecule has 0 aliphatic carbocycles. The lowest BCUT2D eigenvalue weighted by molar-refractivity contribution is -0.132. The smallest absolute Gasteiger partial charge is 0.408 e. The Balaban J connectivity index is 2.96. The van der Waals surface area contributed by atoms with Crippen LogP contribution >= 0.6 is 0 Å². The van der Waals surface area contributed by atoms with E-state index < -0.39 is 69.2 Å². The number of benzene rings is 1. The molecule has 0 aromatic heterocycles. The summed E-state index contributed by atoms with van der Waals surface area (Å²) < 4.78 is 29.3. The minimum atomic E-state index is -3.69. The van der Waals surface area contributed by atoms with Gasteiger partial charge in [0, 0.05) is 18.7 Å². The summed E-state index contributed by atoms with van der Waals surface area (Å²) in [5.41, 5.74) is 0.0462. The van der Waals surface area contributed by atoms with Gasteiger partial charge in [0.2, 0.25) is 17.7 Å². The fourth-order valence-electron chi connectivity index (χ4n) is 4.40. The first-order valence-corrected chi connectivity index (χ1v) is 17.0. The molecule has 44 heavy (non-hydrogen) atoms. The van der Waals surface area contributed by atoms with Crippen LogP contribution in [-0.4, -0.2) is 79.2 Å².